The van der Waals surface area contributed by atoms with Crippen LogP contribution in [0.2, 0.25) is 5.02 Å². The number of thioether (sulfide) groups is 1. The highest BCUT2D eigenvalue weighted by atomic mass is 35.5. The van der Waals surface area contributed by atoms with Crippen molar-refractivity contribution in [2.24, 2.45) is 5.73 Å². The predicted molar refractivity (Wildman–Crippen MR) is 97.7 cm³/mol. The molecular formula is C17H22ClN3O2S. The van der Waals surface area contributed by atoms with Gasteiger partial charge in [-0.2, -0.15) is 0 Å². The quantitative estimate of drug-likeness (QED) is 0.665. The van der Waals surface area contributed by atoms with E-state index in [0.29, 0.717) is 6.54 Å². The molecule has 0 aliphatic carbocycles. The van der Waals surface area contributed by atoms with Gasteiger partial charge in [0.05, 0.1) is 0 Å². The van der Waals surface area contributed by atoms with E-state index >= 15 is 0 Å². The number of carboxylic acids is 1. The van der Waals surface area contributed by atoms with Crippen molar-refractivity contribution in [2.45, 2.75) is 43.9 Å². The van der Waals surface area contributed by atoms with Crippen LogP contribution in [-0.2, 0) is 24.2 Å². The molecule has 1 aromatic heterocycles. The van der Waals surface area contributed by atoms with Crippen LogP contribution in [0.4, 0.5) is 0 Å². The molecule has 130 valence electrons. The number of imidazole rings is 1. The Hall–Kier alpha value is -1.50. The van der Waals surface area contributed by atoms with Crippen LogP contribution < -0.4 is 5.73 Å². The second-order valence-electron chi connectivity index (χ2n) is 5.52. The second-order valence-corrected chi connectivity index (χ2v) is 6.99. The Bertz CT molecular complexity index is 690. The van der Waals surface area contributed by atoms with Crippen molar-refractivity contribution in [3.63, 3.8) is 0 Å². The molecule has 1 aromatic carbocycles. The Balaban J connectivity index is 2.18. The predicted octanol–water partition coefficient (Wildman–Crippen LogP) is 3.24. The van der Waals surface area contributed by atoms with Crippen LogP contribution in [0.15, 0.2) is 35.6 Å². The third kappa shape index (κ3) is 5.00. The Morgan fingerprint density at radius 1 is 1.46 bits per heavy atom. The van der Waals surface area contributed by atoms with E-state index in [4.69, 9.17) is 22.4 Å². The first-order valence-electron chi connectivity index (χ1n) is 7.92. The van der Waals surface area contributed by atoms with Crippen LogP contribution in [0.1, 0.15) is 24.6 Å². The number of aryl methyl sites for hydroxylation is 1. The molecule has 1 atom stereocenters. The molecule has 3 N–H and O–H groups in total. The fraction of sp³-hybridized carbons (Fsp3) is 0.412. The molecule has 7 heteroatoms. The van der Waals surface area contributed by atoms with E-state index in [1.54, 1.807) is 18.0 Å². The average Bonchev–Trinajstić information content (AvgIpc) is 2.93. The third-order valence-corrected chi connectivity index (χ3v) is 5.21. The molecule has 0 spiro atoms. The normalized spacial score (nSPS) is 12.3. The fourth-order valence-corrected chi connectivity index (χ4v) is 3.46. The van der Waals surface area contributed by atoms with E-state index in [2.05, 4.69) is 16.5 Å². The van der Waals surface area contributed by atoms with Gasteiger partial charge in [0, 0.05) is 35.6 Å². The standard InChI is InChI=1S/C17H22ClN3O2S/c1-2-9-24-17-20-11-13(10-15(19)16(22)23)21(17)8-7-12-5-3-4-6-14(12)18/h3-6,11,15H,2,7-10,19H2,1H3,(H,22,23)/t15-/m0/s1. The second kappa shape index (κ2) is 9.11. The van der Waals surface area contributed by atoms with Crippen LogP contribution in [0.3, 0.4) is 0 Å². The molecule has 0 amide bonds. The van der Waals surface area contributed by atoms with E-state index in [9.17, 15) is 4.79 Å². The number of aliphatic carboxylic acids is 1. The molecule has 0 fully saturated rings. The number of halogens is 1. The lowest BCUT2D eigenvalue weighted by atomic mass is 10.1. The first-order valence-corrected chi connectivity index (χ1v) is 9.28. The lowest BCUT2D eigenvalue weighted by Gasteiger charge is -2.14. The summed E-state index contributed by atoms with van der Waals surface area (Å²) < 4.78 is 2.06. The molecule has 0 saturated carbocycles. The minimum atomic E-state index is -1.00. The summed E-state index contributed by atoms with van der Waals surface area (Å²) in [6.45, 7) is 2.81. The average molecular weight is 368 g/mol. The van der Waals surface area contributed by atoms with Crippen LogP contribution in [0.5, 0.6) is 0 Å². The zero-order chi connectivity index (χ0) is 17.5. The maximum atomic E-state index is 11.0. The van der Waals surface area contributed by atoms with Crippen LogP contribution in [0.25, 0.3) is 0 Å². The SMILES string of the molecule is CCCSc1ncc(C[C@H](N)C(=O)O)n1CCc1ccccc1Cl. The van der Waals surface area contributed by atoms with E-state index < -0.39 is 12.0 Å². The first kappa shape index (κ1) is 18.8. The largest absolute Gasteiger partial charge is 0.480 e. The highest BCUT2D eigenvalue weighted by Crippen LogP contribution is 2.22. The minimum absolute atomic E-state index is 0.261. The molecule has 2 aromatic rings. The maximum Gasteiger partial charge on any atom is 0.320 e. The molecule has 2 rings (SSSR count). The van der Waals surface area contributed by atoms with Crippen LogP contribution >= 0.6 is 23.4 Å². The Labute approximate surface area is 151 Å². The van der Waals surface area contributed by atoms with Gasteiger partial charge in [0.25, 0.3) is 0 Å². The van der Waals surface area contributed by atoms with Crippen molar-refractivity contribution >= 4 is 29.3 Å². The minimum Gasteiger partial charge on any atom is -0.480 e. The van der Waals surface area contributed by atoms with E-state index in [1.807, 2.05) is 24.3 Å². The summed E-state index contributed by atoms with van der Waals surface area (Å²) in [5, 5.41) is 10.7. The number of carbonyl (C=O) groups is 1. The molecular weight excluding hydrogens is 346 g/mol. The number of rotatable bonds is 9. The van der Waals surface area contributed by atoms with Gasteiger partial charge in [-0.3, -0.25) is 4.79 Å². The van der Waals surface area contributed by atoms with Gasteiger partial charge in [-0.1, -0.05) is 48.5 Å². The lowest BCUT2D eigenvalue weighted by molar-refractivity contribution is -0.138. The molecule has 0 aliphatic rings. The van der Waals surface area contributed by atoms with Crippen molar-refractivity contribution in [2.75, 3.05) is 5.75 Å². The Morgan fingerprint density at radius 3 is 2.88 bits per heavy atom. The Kier molecular flexibility index (Phi) is 7.15. The third-order valence-electron chi connectivity index (χ3n) is 3.65. The van der Waals surface area contributed by atoms with Gasteiger partial charge in [-0.25, -0.2) is 4.98 Å². The molecule has 0 saturated heterocycles. The van der Waals surface area contributed by atoms with Gasteiger partial charge >= 0.3 is 5.97 Å². The highest BCUT2D eigenvalue weighted by molar-refractivity contribution is 7.99. The van der Waals surface area contributed by atoms with Gasteiger partial charge in [0.1, 0.15) is 6.04 Å². The summed E-state index contributed by atoms with van der Waals surface area (Å²) in [7, 11) is 0. The number of benzene rings is 1. The monoisotopic (exact) mass is 367 g/mol. The van der Waals surface area contributed by atoms with Gasteiger partial charge in [0.2, 0.25) is 0 Å². The maximum absolute atomic E-state index is 11.0. The van der Waals surface area contributed by atoms with Gasteiger partial charge < -0.3 is 15.4 Å². The zero-order valence-electron chi connectivity index (χ0n) is 13.6. The van der Waals surface area contributed by atoms with Crippen LogP contribution in [-0.4, -0.2) is 32.4 Å². The number of nitrogens with zero attached hydrogens (tertiary/aromatic N) is 2. The molecule has 0 bridgehead atoms. The van der Waals surface area contributed by atoms with E-state index in [-0.39, 0.29) is 6.42 Å². The van der Waals surface area contributed by atoms with E-state index in [0.717, 1.165) is 40.0 Å². The zero-order valence-corrected chi connectivity index (χ0v) is 15.2. The van der Waals surface area contributed by atoms with Crippen molar-refractivity contribution in [3.05, 3.63) is 46.7 Å². The molecule has 1 heterocycles. The van der Waals surface area contributed by atoms with Crippen molar-refractivity contribution in [1.29, 1.82) is 0 Å². The molecule has 0 aliphatic heterocycles. The number of carboxylic acid groups (broad SMARTS) is 1. The molecule has 24 heavy (non-hydrogen) atoms. The van der Waals surface area contributed by atoms with Crippen molar-refractivity contribution in [1.82, 2.24) is 9.55 Å². The van der Waals surface area contributed by atoms with Gasteiger partial charge in [0.15, 0.2) is 5.16 Å². The summed E-state index contributed by atoms with van der Waals surface area (Å²) in [4.78, 5) is 15.5. The van der Waals surface area contributed by atoms with Crippen molar-refractivity contribution < 1.29 is 9.90 Å². The van der Waals surface area contributed by atoms with Gasteiger partial charge in [-0.05, 0) is 24.5 Å². The number of hydrogen-bond donors (Lipinski definition) is 2. The number of hydrogen-bond acceptors (Lipinski definition) is 4. The summed E-state index contributed by atoms with van der Waals surface area (Å²) in [5.74, 6) is -0.0373. The Morgan fingerprint density at radius 2 is 2.21 bits per heavy atom. The van der Waals surface area contributed by atoms with E-state index in [1.165, 1.54) is 0 Å². The summed E-state index contributed by atoms with van der Waals surface area (Å²) in [6, 6.07) is 6.82. The summed E-state index contributed by atoms with van der Waals surface area (Å²) in [6.07, 6.45) is 3.79. The first-order chi connectivity index (χ1) is 11.5. The fourth-order valence-electron chi connectivity index (χ4n) is 2.35. The lowest BCUT2D eigenvalue weighted by Crippen LogP contribution is -2.33. The summed E-state index contributed by atoms with van der Waals surface area (Å²) in [5.41, 5.74) is 7.60. The van der Waals surface area contributed by atoms with Crippen molar-refractivity contribution in [3.8, 4) is 0 Å². The smallest absolute Gasteiger partial charge is 0.320 e. The molecule has 0 unspecified atom stereocenters. The topological polar surface area (TPSA) is 81.1 Å². The number of nitrogens with two attached hydrogens (primary N) is 1. The van der Waals surface area contributed by atoms with Gasteiger partial charge in [-0.15, -0.1) is 0 Å². The summed E-state index contributed by atoms with van der Waals surface area (Å²) >= 11 is 7.90. The molecule has 0 radical (unpaired) electrons. The molecule has 5 nitrogen and oxygen atoms in total. The highest BCUT2D eigenvalue weighted by Gasteiger charge is 2.18. The van der Waals surface area contributed by atoms with Crippen LogP contribution in [0, 0.1) is 0 Å². The number of aromatic nitrogens is 2.